The van der Waals surface area contributed by atoms with Crippen LogP contribution in [0.2, 0.25) is 0 Å². The number of hydrogen-bond donors (Lipinski definition) is 4. The van der Waals surface area contributed by atoms with Crippen molar-refractivity contribution in [1.82, 2.24) is 9.88 Å². The zero-order chi connectivity index (χ0) is 17.8. The van der Waals surface area contributed by atoms with Crippen molar-refractivity contribution >= 4 is 17.3 Å². The van der Waals surface area contributed by atoms with E-state index in [1.807, 2.05) is 30.5 Å². The molecule has 130 valence electrons. The van der Waals surface area contributed by atoms with Crippen LogP contribution in [0.25, 0.3) is 0 Å². The number of nitrogens with one attached hydrogen (secondary N) is 1. The highest BCUT2D eigenvalue weighted by Gasteiger charge is 2.20. The summed E-state index contributed by atoms with van der Waals surface area (Å²) < 4.78 is 0. The van der Waals surface area contributed by atoms with E-state index in [0.29, 0.717) is 23.4 Å². The molecule has 25 heavy (non-hydrogen) atoms. The molecule has 0 spiro atoms. The van der Waals surface area contributed by atoms with Gasteiger partial charge in [0.1, 0.15) is 11.7 Å². The molecule has 1 aliphatic rings. The number of aromatic nitrogens is 1. The van der Waals surface area contributed by atoms with Crippen LogP contribution in [0.15, 0.2) is 35.5 Å². The molecule has 0 saturated carbocycles. The van der Waals surface area contributed by atoms with E-state index < -0.39 is 0 Å². The summed E-state index contributed by atoms with van der Waals surface area (Å²) >= 11 is 0. The van der Waals surface area contributed by atoms with Crippen molar-refractivity contribution in [2.45, 2.75) is 25.4 Å². The molecule has 2 heterocycles. The van der Waals surface area contributed by atoms with Crippen LogP contribution in [0.4, 0.5) is 11.5 Å². The average molecular weight is 336 g/mol. The molecular weight excluding hydrogens is 312 g/mol. The minimum Gasteiger partial charge on any atom is -0.385 e. The second-order valence-corrected chi connectivity index (χ2v) is 6.41. The minimum atomic E-state index is 0.307. The molecule has 3 rings (SSSR count). The number of nitrogen functional groups attached to an aromatic ring is 1. The first-order valence-corrected chi connectivity index (χ1v) is 8.41. The molecule has 1 aromatic carbocycles. The maximum atomic E-state index is 6.25. The lowest BCUT2D eigenvalue weighted by atomic mass is 10.0. The lowest BCUT2D eigenvalue weighted by Gasteiger charge is -2.30. The van der Waals surface area contributed by atoms with Crippen molar-refractivity contribution in [2.24, 2.45) is 16.5 Å². The molecule has 0 unspecified atom stereocenters. The van der Waals surface area contributed by atoms with Gasteiger partial charge < -0.3 is 22.2 Å². The Morgan fingerprint density at radius 3 is 2.84 bits per heavy atom. The fourth-order valence-electron chi connectivity index (χ4n) is 3.12. The van der Waals surface area contributed by atoms with Crippen LogP contribution in [0.5, 0.6) is 0 Å². The maximum Gasteiger partial charge on any atom is 0.135 e. The standard InChI is InChI=1S/C19H24N6/c1-2-13-4-3-5-16(10-13)24-19(22)17-14(11-23-18(17)21)12-25-8-6-15(20)7-9-25/h1,3-5,10-11,15,23H,6-9,12,20-21H2,(H2,22,24). The second-order valence-electron chi connectivity index (χ2n) is 6.41. The van der Waals surface area contributed by atoms with Crippen LogP contribution in [0.1, 0.15) is 29.5 Å². The number of amidine groups is 1. The topological polar surface area (TPSA) is 109 Å². The number of rotatable bonds is 4. The van der Waals surface area contributed by atoms with Gasteiger partial charge in [0.05, 0.1) is 11.3 Å². The number of terminal acetylenes is 1. The zero-order valence-electron chi connectivity index (χ0n) is 14.2. The molecule has 0 aliphatic carbocycles. The Morgan fingerprint density at radius 1 is 1.36 bits per heavy atom. The van der Waals surface area contributed by atoms with Crippen molar-refractivity contribution in [1.29, 1.82) is 0 Å². The van der Waals surface area contributed by atoms with Gasteiger partial charge in [0.2, 0.25) is 0 Å². The van der Waals surface area contributed by atoms with Gasteiger partial charge in [-0.3, -0.25) is 4.90 Å². The van der Waals surface area contributed by atoms with Crippen molar-refractivity contribution in [3.05, 3.63) is 47.2 Å². The summed E-state index contributed by atoms with van der Waals surface area (Å²) in [5.41, 5.74) is 21.6. The Kier molecular flexibility index (Phi) is 5.08. The van der Waals surface area contributed by atoms with Crippen molar-refractivity contribution < 1.29 is 0 Å². The van der Waals surface area contributed by atoms with Crippen molar-refractivity contribution in [3.8, 4) is 12.3 Å². The third kappa shape index (κ3) is 4.02. The number of piperidine rings is 1. The van der Waals surface area contributed by atoms with Crippen molar-refractivity contribution in [2.75, 3.05) is 18.8 Å². The lowest BCUT2D eigenvalue weighted by molar-refractivity contribution is 0.205. The van der Waals surface area contributed by atoms with Gasteiger partial charge in [0, 0.05) is 24.3 Å². The normalized spacial score (nSPS) is 16.7. The van der Waals surface area contributed by atoms with Gasteiger partial charge in [-0.1, -0.05) is 12.0 Å². The first kappa shape index (κ1) is 17.1. The first-order chi connectivity index (χ1) is 12.1. The predicted molar refractivity (Wildman–Crippen MR) is 102 cm³/mol. The number of benzene rings is 1. The third-order valence-electron chi connectivity index (χ3n) is 4.54. The zero-order valence-corrected chi connectivity index (χ0v) is 14.2. The molecule has 6 heteroatoms. The summed E-state index contributed by atoms with van der Waals surface area (Å²) in [7, 11) is 0. The number of anilines is 1. The number of likely N-dealkylation sites (tertiary alicyclic amines) is 1. The number of nitrogens with zero attached hydrogens (tertiary/aromatic N) is 2. The maximum absolute atomic E-state index is 6.25. The highest BCUT2D eigenvalue weighted by atomic mass is 15.1. The summed E-state index contributed by atoms with van der Waals surface area (Å²) in [4.78, 5) is 9.92. The molecule has 0 amide bonds. The summed E-state index contributed by atoms with van der Waals surface area (Å²) in [6.45, 7) is 2.73. The molecular formula is C19H24N6. The largest absolute Gasteiger partial charge is 0.385 e. The molecule has 1 aliphatic heterocycles. The average Bonchev–Trinajstić information content (AvgIpc) is 2.97. The Morgan fingerprint density at radius 2 is 2.12 bits per heavy atom. The number of hydrogen-bond acceptors (Lipinski definition) is 4. The fourth-order valence-corrected chi connectivity index (χ4v) is 3.12. The molecule has 0 radical (unpaired) electrons. The minimum absolute atomic E-state index is 0.307. The van der Waals surface area contributed by atoms with Crippen LogP contribution >= 0.6 is 0 Å². The van der Waals surface area contributed by atoms with Crippen LogP contribution < -0.4 is 17.2 Å². The summed E-state index contributed by atoms with van der Waals surface area (Å²) in [5, 5.41) is 0. The molecule has 2 aromatic rings. The Hall–Kier alpha value is -2.75. The summed E-state index contributed by atoms with van der Waals surface area (Å²) in [6.07, 6.45) is 9.36. The molecule has 1 fully saturated rings. The van der Waals surface area contributed by atoms with E-state index in [-0.39, 0.29) is 0 Å². The fraction of sp³-hybridized carbons (Fsp3) is 0.316. The van der Waals surface area contributed by atoms with E-state index in [1.165, 1.54) is 0 Å². The number of aromatic amines is 1. The van der Waals surface area contributed by atoms with Gasteiger partial charge in [-0.2, -0.15) is 0 Å². The van der Waals surface area contributed by atoms with Crippen LogP contribution in [0, 0.1) is 12.3 Å². The van der Waals surface area contributed by atoms with Crippen LogP contribution in [0.3, 0.4) is 0 Å². The van der Waals surface area contributed by atoms with Gasteiger partial charge in [-0.05, 0) is 49.7 Å². The van der Waals surface area contributed by atoms with E-state index in [2.05, 4.69) is 20.8 Å². The predicted octanol–water partition coefficient (Wildman–Crippen LogP) is 1.54. The number of aliphatic imine (C=N–C) groups is 1. The van der Waals surface area contributed by atoms with Crippen LogP contribution in [-0.4, -0.2) is 34.9 Å². The quantitative estimate of drug-likeness (QED) is 0.386. The second kappa shape index (κ2) is 7.43. The molecule has 1 aromatic heterocycles. The highest BCUT2D eigenvalue weighted by molar-refractivity contribution is 6.04. The molecule has 6 nitrogen and oxygen atoms in total. The third-order valence-corrected chi connectivity index (χ3v) is 4.54. The SMILES string of the molecule is C#Cc1cccc(N=C(N)c2c(CN3CCC(N)CC3)c[nH]c2N)c1. The number of H-pyrrole nitrogens is 1. The highest BCUT2D eigenvalue weighted by Crippen LogP contribution is 2.22. The van der Waals surface area contributed by atoms with E-state index in [4.69, 9.17) is 23.6 Å². The van der Waals surface area contributed by atoms with E-state index in [0.717, 1.165) is 49.2 Å². The summed E-state index contributed by atoms with van der Waals surface area (Å²) in [5.74, 6) is 3.51. The van der Waals surface area contributed by atoms with Crippen LogP contribution in [-0.2, 0) is 6.54 Å². The Bertz CT molecular complexity index is 806. The van der Waals surface area contributed by atoms with E-state index in [9.17, 15) is 0 Å². The molecule has 0 bridgehead atoms. The summed E-state index contributed by atoms with van der Waals surface area (Å²) in [6, 6.07) is 7.71. The lowest BCUT2D eigenvalue weighted by Crippen LogP contribution is -2.39. The van der Waals surface area contributed by atoms with Gasteiger partial charge in [0.25, 0.3) is 0 Å². The molecule has 7 N–H and O–H groups in total. The Balaban J connectivity index is 1.83. The molecule has 1 saturated heterocycles. The van der Waals surface area contributed by atoms with E-state index >= 15 is 0 Å². The smallest absolute Gasteiger partial charge is 0.135 e. The van der Waals surface area contributed by atoms with Gasteiger partial charge >= 0.3 is 0 Å². The number of nitrogens with two attached hydrogens (primary N) is 3. The monoisotopic (exact) mass is 336 g/mol. The Labute approximate surface area is 148 Å². The van der Waals surface area contributed by atoms with Gasteiger partial charge in [0.15, 0.2) is 0 Å². The molecule has 0 atom stereocenters. The van der Waals surface area contributed by atoms with Gasteiger partial charge in [-0.15, -0.1) is 6.42 Å². The van der Waals surface area contributed by atoms with E-state index in [1.54, 1.807) is 0 Å². The van der Waals surface area contributed by atoms with Gasteiger partial charge in [-0.25, -0.2) is 4.99 Å². The van der Waals surface area contributed by atoms with Crippen molar-refractivity contribution in [3.63, 3.8) is 0 Å². The first-order valence-electron chi connectivity index (χ1n) is 8.41.